The van der Waals surface area contributed by atoms with Crippen molar-refractivity contribution in [3.8, 4) is 0 Å². The van der Waals surface area contributed by atoms with Crippen molar-refractivity contribution in [1.82, 2.24) is 10.2 Å². The maximum atomic E-state index is 12.6. The molecule has 1 heterocycles. The van der Waals surface area contributed by atoms with Crippen molar-refractivity contribution in [1.29, 1.82) is 0 Å². The van der Waals surface area contributed by atoms with Crippen molar-refractivity contribution in [3.63, 3.8) is 0 Å². The summed E-state index contributed by atoms with van der Waals surface area (Å²) in [4.78, 5) is 37.5. The second-order valence-corrected chi connectivity index (χ2v) is 7.20. The van der Waals surface area contributed by atoms with Gasteiger partial charge in [0.25, 0.3) is 17.1 Å². The highest BCUT2D eigenvalue weighted by Gasteiger charge is 2.25. The molecule has 24 heavy (non-hydrogen) atoms. The molecular weight excluding hydrogens is 324 g/mol. The second-order valence-electron chi connectivity index (χ2n) is 6.18. The molecule has 5 nitrogen and oxygen atoms in total. The molecule has 2 fully saturated rings. The fraction of sp³-hybridized carbons (Fsp3) is 0.389. The van der Waals surface area contributed by atoms with Crippen molar-refractivity contribution in [3.05, 3.63) is 40.3 Å². The molecule has 0 bridgehead atoms. The van der Waals surface area contributed by atoms with Gasteiger partial charge in [-0.1, -0.05) is 31.4 Å². The predicted octanol–water partition coefficient (Wildman–Crippen LogP) is 3.42. The van der Waals surface area contributed by atoms with Crippen LogP contribution in [0.25, 0.3) is 6.08 Å². The molecule has 1 aromatic rings. The number of hydrogen-bond donors (Lipinski definition) is 1. The van der Waals surface area contributed by atoms with Crippen LogP contribution in [-0.2, 0) is 4.79 Å². The van der Waals surface area contributed by atoms with E-state index in [0.29, 0.717) is 16.5 Å². The van der Waals surface area contributed by atoms with Crippen molar-refractivity contribution in [2.75, 3.05) is 7.05 Å². The maximum absolute atomic E-state index is 12.6. The smallest absolute Gasteiger partial charge is 0.290 e. The topological polar surface area (TPSA) is 66.5 Å². The summed E-state index contributed by atoms with van der Waals surface area (Å²) in [6.45, 7) is 0. The largest absolute Gasteiger partial charge is 0.339 e. The summed E-state index contributed by atoms with van der Waals surface area (Å²) in [6, 6.07) is 7.47. The number of nitrogens with one attached hydrogen (secondary N) is 1. The number of hydrogen-bond acceptors (Lipinski definition) is 4. The average Bonchev–Trinajstić information content (AvgIpc) is 2.92. The fourth-order valence-electron chi connectivity index (χ4n) is 3.13. The van der Waals surface area contributed by atoms with E-state index in [1.807, 2.05) is 11.9 Å². The Labute approximate surface area is 145 Å². The van der Waals surface area contributed by atoms with Gasteiger partial charge in [0.1, 0.15) is 0 Å². The van der Waals surface area contributed by atoms with Crippen LogP contribution in [0.3, 0.4) is 0 Å². The minimum absolute atomic E-state index is 0.0317. The van der Waals surface area contributed by atoms with E-state index < -0.39 is 0 Å². The molecule has 1 saturated carbocycles. The summed E-state index contributed by atoms with van der Waals surface area (Å²) >= 11 is 0.889. The van der Waals surface area contributed by atoms with Crippen LogP contribution < -0.4 is 5.32 Å². The van der Waals surface area contributed by atoms with Gasteiger partial charge in [-0.25, -0.2) is 0 Å². The van der Waals surface area contributed by atoms with Crippen LogP contribution in [-0.4, -0.2) is 35.0 Å². The molecule has 1 aliphatic heterocycles. The Morgan fingerprint density at radius 1 is 1.17 bits per heavy atom. The number of benzene rings is 1. The molecule has 1 N–H and O–H groups in total. The molecule has 126 valence electrons. The molecule has 6 heteroatoms. The zero-order chi connectivity index (χ0) is 17.1. The third-order valence-electron chi connectivity index (χ3n) is 4.54. The van der Waals surface area contributed by atoms with E-state index in [0.717, 1.165) is 30.2 Å². The Kier molecular flexibility index (Phi) is 5.04. The van der Waals surface area contributed by atoms with E-state index in [9.17, 15) is 14.4 Å². The zero-order valence-electron chi connectivity index (χ0n) is 13.6. The first kappa shape index (κ1) is 16.8. The Morgan fingerprint density at radius 3 is 2.42 bits per heavy atom. The molecule has 3 amide bonds. The van der Waals surface area contributed by atoms with E-state index in [1.165, 1.54) is 19.3 Å². The van der Waals surface area contributed by atoms with Gasteiger partial charge in [0.05, 0.1) is 4.91 Å². The van der Waals surface area contributed by atoms with Crippen LogP contribution in [0.2, 0.25) is 0 Å². The third-order valence-corrected chi connectivity index (χ3v) is 5.35. The first-order chi connectivity index (χ1) is 11.5. The van der Waals surface area contributed by atoms with Gasteiger partial charge in [-0.15, -0.1) is 0 Å². The Balaban J connectivity index is 1.70. The van der Waals surface area contributed by atoms with Crippen molar-refractivity contribution in [2.45, 2.75) is 38.1 Å². The quantitative estimate of drug-likeness (QED) is 0.853. The van der Waals surface area contributed by atoms with E-state index in [4.69, 9.17) is 0 Å². The lowest BCUT2D eigenvalue weighted by Gasteiger charge is -2.31. The van der Waals surface area contributed by atoms with Crippen LogP contribution in [0, 0.1) is 0 Å². The lowest BCUT2D eigenvalue weighted by Crippen LogP contribution is -2.38. The number of amides is 3. The molecular formula is C18H20N2O3S. The Bertz CT molecular complexity index is 691. The molecule has 0 radical (unpaired) electrons. The Morgan fingerprint density at radius 2 is 1.83 bits per heavy atom. The number of imide groups is 1. The molecule has 2 aliphatic rings. The van der Waals surface area contributed by atoms with Gasteiger partial charge in [-0.05, 0) is 48.4 Å². The molecule has 1 aliphatic carbocycles. The summed E-state index contributed by atoms with van der Waals surface area (Å²) in [6.07, 6.45) is 7.44. The number of carbonyl (C=O) groups is 3. The normalized spacial score (nSPS) is 20.3. The number of nitrogens with zero attached hydrogens (tertiary/aromatic N) is 1. The third kappa shape index (κ3) is 3.70. The molecule has 0 unspecified atom stereocenters. The lowest BCUT2D eigenvalue weighted by atomic mass is 9.94. The van der Waals surface area contributed by atoms with Crippen molar-refractivity contribution < 1.29 is 14.4 Å². The number of thioether (sulfide) groups is 1. The average molecular weight is 344 g/mol. The van der Waals surface area contributed by atoms with Gasteiger partial charge in [0, 0.05) is 18.7 Å². The Hall–Kier alpha value is -2.08. The monoisotopic (exact) mass is 344 g/mol. The van der Waals surface area contributed by atoms with Gasteiger partial charge in [0.15, 0.2) is 0 Å². The second kappa shape index (κ2) is 7.21. The first-order valence-corrected chi connectivity index (χ1v) is 8.98. The number of carbonyl (C=O) groups excluding carboxylic acids is 3. The molecule has 1 aromatic carbocycles. The number of rotatable bonds is 3. The standard InChI is InChI=1S/C18H20N2O3S/c1-20(14-5-3-2-4-6-14)17(22)13-9-7-12(8-10-13)11-15-16(21)19-18(23)24-15/h7-11,14H,2-6H2,1H3,(H,19,21,23)/b15-11-. The highest BCUT2D eigenvalue weighted by atomic mass is 32.2. The highest BCUT2D eigenvalue weighted by Crippen LogP contribution is 2.26. The van der Waals surface area contributed by atoms with E-state index in [2.05, 4.69) is 5.32 Å². The molecule has 3 rings (SSSR count). The minimum Gasteiger partial charge on any atom is -0.339 e. The van der Waals surface area contributed by atoms with Gasteiger partial charge >= 0.3 is 0 Å². The van der Waals surface area contributed by atoms with Crippen LogP contribution >= 0.6 is 11.8 Å². The van der Waals surface area contributed by atoms with Crippen molar-refractivity contribution >= 4 is 34.9 Å². The van der Waals surface area contributed by atoms with Gasteiger partial charge in [-0.2, -0.15) is 0 Å². The van der Waals surface area contributed by atoms with E-state index in [1.54, 1.807) is 30.3 Å². The predicted molar refractivity (Wildman–Crippen MR) is 94.5 cm³/mol. The molecule has 0 aromatic heterocycles. The summed E-state index contributed by atoms with van der Waals surface area (Å²) in [5.41, 5.74) is 1.43. The van der Waals surface area contributed by atoms with E-state index >= 15 is 0 Å². The zero-order valence-corrected chi connectivity index (χ0v) is 14.4. The summed E-state index contributed by atoms with van der Waals surface area (Å²) in [7, 11) is 1.87. The molecule has 0 atom stereocenters. The molecule has 0 spiro atoms. The van der Waals surface area contributed by atoms with Crippen LogP contribution in [0.1, 0.15) is 48.0 Å². The summed E-state index contributed by atoms with van der Waals surface area (Å²) < 4.78 is 0. The van der Waals surface area contributed by atoms with Gasteiger partial charge in [0.2, 0.25) is 0 Å². The molecule has 1 saturated heterocycles. The van der Waals surface area contributed by atoms with E-state index in [-0.39, 0.29) is 17.1 Å². The van der Waals surface area contributed by atoms with Crippen LogP contribution in [0.4, 0.5) is 4.79 Å². The lowest BCUT2D eigenvalue weighted by molar-refractivity contribution is -0.115. The SMILES string of the molecule is CN(C(=O)c1ccc(/C=C2\SC(=O)NC2=O)cc1)C1CCCCC1. The summed E-state index contributed by atoms with van der Waals surface area (Å²) in [5, 5.41) is 1.87. The van der Waals surface area contributed by atoms with Crippen molar-refractivity contribution in [2.24, 2.45) is 0 Å². The van der Waals surface area contributed by atoms with Gasteiger partial charge in [-0.3, -0.25) is 19.7 Å². The van der Waals surface area contributed by atoms with Gasteiger partial charge < -0.3 is 4.90 Å². The fourth-order valence-corrected chi connectivity index (χ4v) is 3.81. The van der Waals surface area contributed by atoms with Crippen LogP contribution in [0.15, 0.2) is 29.2 Å². The maximum Gasteiger partial charge on any atom is 0.290 e. The van der Waals surface area contributed by atoms with Crippen LogP contribution in [0.5, 0.6) is 0 Å². The minimum atomic E-state index is -0.373. The first-order valence-electron chi connectivity index (χ1n) is 8.16. The summed E-state index contributed by atoms with van der Waals surface area (Å²) in [5.74, 6) is -0.341. The highest BCUT2D eigenvalue weighted by molar-refractivity contribution is 8.18.